The highest BCUT2D eigenvalue weighted by Crippen LogP contribution is 2.23. The van der Waals surface area contributed by atoms with Crippen molar-refractivity contribution in [1.82, 2.24) is 9.97 Å². The maximum Gasteiger partial charge on any atom is 0.135 e. The molecule has 0 fully saturated rings. The van der Waals surface area contributed by atoms with Gasteiger partial charge in [-0.2, -0.15) is 5.26 Å². The molecule has 0 aliphatic rings. The number of rotatable bonds is 2. The molecule has 1 N–H and O–H groups in total. The summed E-state index contributed by atoms with van der Waals surface area (Å²) in [5.74, 6) is 1.15. The first kappa shape index (κ1) is 12.6. The molecule has 0 radical (unpaired) electrons. The third-order valence-electron chi connectivity index (χ3n) is 2.17. The molecular formula is C12H8Cl2N4. The highest BCUT2D eigenvalue weighted by atomic mass is 35.5. The number of hydrogen-bond acceptors (Lipinski definition) is 4. The first-order chi connectivity index (χ1) is 8.58. The van der Waals surface area contributed by atoms with Gasteiger partial charge in [-0.1, -0.05) is 23.2 Å². The van der Waals surface area contributed by atoms with Crippen molar-refractivity contribution in [3.05, 3.63) is 45.8 Å². The number of hydrogen-bond donors (Lipinski definition) is 1. The van der Waals surface area contributed by atoms with Crippen molar-refractivity contribution in [3.8, 4) is 6.07 Å². The fourth-order valence-electron chi connectivity index (χ4n) is 1.43. The van der Waals surface area contributed by atoms with Crippen molar-refractivity contribution < 1.29 is 0 Å². The van der Waals surface area contributed by atoms with E-state index in [0.29, 0.717) is 27.4 Å². The van der Waals surface area contributed by atoms with Crippen molar-refractivity contribution in [3.63, 3.8) is 0 Å². The highest BCUT2D eigenvalue weighted by Gasteiger charge is 2.03. The lowest BCUT2D eigenvalue weighted by Gasteiger charge is -2.07. The van der Waals surface area contributed by atoms with E-state index in [9.17, 15) is 0 Å². The van der Waals surface area contributed by atoms with E-state index in [2.05, 4.69) is 15.3 Å². The zero-order chi connectivity index (χ0) is 13.1. The second-order valence-electron chi connectivity index (χ2n) is 3.55. The third-order valence-corrected chi connectivity index (χ3v) is 2.67. The summed E-state index contributed by atoms with van der Waals surface area (Å²) < 4.78 is 0. The van der Waals surface area contributed by atoms with Crippen molar-refractivity contribution in [2.45, 2.75) is 6.92 Å². The van der Waals surface area contributed by atoms with E-state index in [0.717, 1.165) is 5.69 Å². The lowest BCUT2D eigenvalue weighted by molar-refractivity contribution is 1.06. The van der Waals surface area contributed by atoms with Crippen LogP contribution in [0.4, 0.5) is 11.5 Å². The minimum absolute atomic E-state index is 0.366. The summed E-state index contributed by atoms with van der Waals surface area (Å²) >= 11 is 11.8. The monoisotopic (exact) mass is 278 g/mol. The molecule has 0 unspecified atom stereocenters. The van der Waals surface area contributed by atoms with Crippen molar-refractivity contribution >= 4 is 34.7 Å². The van der Waals surface area contributed by atoms with Crippen LogP contribution in [0.15, 0.2) is 24.3 Å². The summed E-state index contributed by atoms with van der Waals surface area (Å²) in [5, 5.41) is 12.6. The van der Waals surface area contributed by atoms with Crippen LogP contribution < -0.4 is 5.32 Å². The van der Waals surface area contributed by atoms with Crippen LogP contribution in [0, 0.1) is 18.3 Å². The number of aromatic nitrogens is 2. The van der Waals surface area contributed by atoms with Gasteiger partial charge < -0.3 is 5.32 Å². The van der Waals surface area contributed by atoms with Crippen LogP contribution >= 0.6 is 23.2 Å². The average Bonchev–Trinajstić information content (AvgIpc) is 2.27. The molecule has 18 heavy (non-hydrogen) atoms. The smallest absolute Gasteiger partial charge is 0.135 e. The van der Waals surface area contributed by atoms with E-state index >= 15 is 0 Å². The molecule has 1 aromatic heterocycles. The summed E-state index contributed by atoms with van der Waals surface area (Å²) in [6, 6.07) is 8.65. The Bertz CT molecular complexity index is 614. The maximum atomic E-state index is 8.78. The quantitative estimate of drug-likeness (QED) is 0.851. The van der Waals surface area contributed by atoms with Crippen molar-refractivity contribution in [2.24, 2.45) is 0 Å². The fraction of sp³-hybridized carbons (Fsp3) is 0.0833. The summed E-state index contributed by atoms with van der Waals surface area (Å²) in [5.41, 5.74) is 1.16. The lowest BCUT2D eigenvalue weighted by Crippen LogP contribution is -1.97. The first-order valence-electron chi connectivity index (χ1n) is 5.06. The zero-order valence-electron chi connectivity index (χ0n) is 9.41. The van der Waals surface area contributed by atoms with Gasteiger partial charge in [-0.05, 0) is 25.1 Å². The predicted molar refractivity (Wildman–Crippen MR) is 71.2 cm³/mol. The molecule has 1 heterocycles. The van der Waals surface area contributed by atoms with E-state index in [-0.39, 0.29) is 0 Å². The Kier molecular flexibility index (Phi) is 3.66. The molecule has 1 aromatic carbocycles. The van der Waals surface area contributed by atoms with Gasteiger partial charge in [0.25, 0.3) is 0 Å². The van der Waals surface area contributed by atoms with Crippen LogP contribution in [0.2, 0.25) is 10.2 Å². The van der Waals surface area contributed by atoms with E-state index < -0.39 is 0 Å². The van der Waals surface area contributed by atoms with Crippen LogP contribution in [0.25, 0.3) is 0 Å². The minimum atomic E-state index is 0.366. The molecule has 6 heteroatoms. The van der Waals surface area contributed by atoms with Crippen LogP contribution in [-0.2, 0) is 0 Å². The van der Waals surface area contributed by atoms with E-state index in [1.165, 1.54) is 0 Å². The highest BCUT2D eigenvalue weighted by molar-refractivity contribution is 6.32. The lowest BCUT2D eigenvalue weighted by atomic mass is 10.2. The van der Waals surface area contributed by atoms with E-state index in [1.807, 2.05) is 6.07 Å². The Balaban J connectivity index is 2.29. The fourth-order valence-corrected chi connectivity index (χ4v) is 1.88. The van der Waals surface area contributed by atoms with Crippen LogP contribution in [-0.4, -0.2) is 9.97 Å². The van der Waals surface area contributed by atoms with Crippen LogP contribution in [0.3, 0.4) is 0 Å². The Hall–Kier alpha value is -1.83. The molecule has 0 aliphatic carbocycles. The molecule has 2 aromatic rings. The van der Waals surface area contributed by atoms with Gasteiger partial charge in [-0.25, -0.2) is 9.97 Å². The maximum absolute atomic E-state index is 8.78. The zero-order valence-corrected chi connectivity index (χ0v) is 10.9. The summed E-state index contributed by atoms with van der Waals surface area (Å²) in [7, 11) is 0. The van der Waals surface area contributed by atoms with Crippen molar-refractivity contribution in [2.75, 3.05) is 5.32 Å². The summed E-state index contributed by atoms with van der Waals surface area (Å²) in [6.45, 7) is 1.75. The van der Waals surface area contributed by atoms with Crippen LogP contribution in [0.5, 0.6) is 0 Å². The third kappa shape index (κ3) is 2.89. The molecule has 4 nitrogen and oxygen atoms in total. The predicted octanol–water partition coefficient (Wildman–Crippen LogP) is 3.71. The largest absolute Gasteiger partial charge is 0.340 e. The molecular weight excluding hydrogens is 271 g/mol. The van der Waals surface area contributed by atoms with Gasteiger partial charge in [0, 0.05) is 11.8 Å². The number of benzene rings is 1. The molecule has 90 valence electrons. The van der Waals surface area contributed by atoms with Gasteiger partial charge in [-0.15, -0.1) is 0 Å². The number of nitriles is 1. The molecule has 0 amide bonds. The summed E-state index contributed by atoms with van der Waals surface area (Å²) in [4.78, 5) is 8.15. The summed E-state index contributed by atoms with van der Waals surface area (Å²) in [6.07, 6.45) is 0. The molecule has 2 rings (SSSR count). The standard InChI is InChI=1S/C12H8Cl2N4/c1-7-16-11(14)5-12(17-7)18-9-3-2-8(6-15)10(13)4-9/h2-5H,1H3,(H,16,17,18). The Morgan fingerprint density at radius 3 is 2.61 bits per heavy atom. The SMILES string of the molecule is Cc1nc(Cl)cc(Nc2ccc(C#N)c(Cl)c2)n1. The van der Waals surface area contributed by atoms with Gasteiger partial charge in [0.15, 0.2) is 0 Å². The van der Waals surface area contributed by atoms with Crippen LogP contribution in [0.1, 0.15) is 11.4 Å². The molecule has 0 spiro atoms. The van der Waals surface area contributed by atoms with Gasteiger partial charge in [0.05, 0.1) is 10.6 Å². The molecule has 0 saturated carbocycles. The molecule has 0 atom stereocenters. The molecule has 0 bridgehead atoms. The van der Waals surface area contributed by atoms with Gasteiger partial charge >= 0.3 is 0 Å². The first-order valence-corrected chi connectivity index (χ1v) is 5.82. The number of nitrogens with zero attached hydrogens (tertiary/aromatic N) is 3. The molecule has 0 aliphatic heterocycles. The normalized spacial score (nSPS) is 9.89. The minimum Gasteiger partial charge on any atom is -0.340 e. The van der Waals surface area contributed by atoms with Gasteiger partial charge in [0.1, 0.15) is 22.9 Å². The number of anilines is 2. The Labute approximate surface area is 114 Å². The van der Waals surface area contributed by atoms with Gasteiger partial charge in [0.2, 0.25) is 0 Å². The van der Waals surface area contributed by atoms with Crippen molar-refractivity contribution in [1.29, 1.82) is 5.26 Å². The molecule has 0 saturated heterocycles. The van der Waals surface area contributed by atoms with E-state index in [4.69, 9.17) is 28.5 Å². The van der Waals surface area contributed by atoms with Gasteiger partial charge in [-0.3, -0.25) is 0 Å². The second-order valence-corrected chi connectivity index (χ2v) is 4.35. The average molecular weight is 279 g/mol. The number of aryl methyl sites for hydroxylation is 1. The second kappa shape index (κ2) is 5.21. The number of nitrogens with one attached hydrogen (secondary N) is 1. The number of halogens is 2. The van der Waals surface area contributed by atoms with E-state index in [1.54, 1.807) is 31.2 Å². The Morgan fingerprint density at radius 2 is 2.00 bits per heavy atom. The Morgan fingerprint density at radius 1 is 1.22 bits per heavy atom. The topological polar surface area (TPSA) is 61.6 Å².